The summed E-state index contributed by atoms with van der Waals surface area (Å²) in [6.45, 7) is 4.25. The van der Waals surface area contributed by atoms with Crippen LogP contribution in [0.3, 0.4) is 0 Å². The van der Waals surface area contributed by atoms with Crippen LogP contribution in [0.2, 0.25) is 0 Å². The molecule has 0 aromatic heterocycles. The molecule has 3 aliphatic rings. The van der Waals surface area contributed by atoms with E-state index in [4.69, 9.17) is 14.2 Å². The second-order valence-electron chi connectivity index (χ2n) is 8.71. The van der Waals surface area contributed by atoms with E-state index in [1.165, 1.54) is 5.56 Å². The molecular weight excluding hydrogens is 382 g/mol. The lowest BCUT2D eigenvalue weighted by atomic mass is 9.68. The fourth-order valence-corrected chi connectivity index (χ4v) is 5.13. The van der Waals surface area contributed by atoms with Crippen LogP contribution in [0.1, 0.15) is 24.8 Å². The number of piperazine rings is 1. The van der Waals surface area contributed by atoms with Crippen molar-refractivity contribution < 1.29 is 19.0 Å². The number of likely N-dealkylation sites (tertiary alicyclic amines) is 1. The summed E-state index contributed by atoms with van der Waals surface area (Å²) in [5, 5.41) is 0. The molecule has 1 aromatic rings. The largest absolute Gasteiger partial charge is 0.493 e. The molecule has 1 aliphatic carbocycles. The van der Waals surface area contributed by atoms with Crippen molar-refractivity contribution in [1.29, 1.82) is 0 Å². The van der Waals surface area contributed by atoms with Crippen LogP contribution in [-0.2, 0) is 10.2 Å². The van der Waals surface area contributed by atoms with Crippen molar-refractivity contribution in [3.63, 3.8) is 0 Å². The van der Waals surface area contributed by atoms with Gasteiger partial charge >= 0.3 is 6.09 Å². The highest BCUT2D eigenvalue weighted by molar-refractivity contribution is 5.69. The molecule has 2 fully saturated rings. The SMILES string of the molecule is COc1ccc(C23CC=C(OC(=O)N4CCN(C)CC4)CC2N(C)CC3)cc1OC. The molecule has 2 heterocycles. The molecule has 2 unspecified atom stereocenters. The third-order valence-corrected chi connectivity index (χ3v) is 7.11. The second-order valence-corrected chi connectivity index (χ2v) is 8.71. The highest BCUT2D eigenvalue weighted by Crippen LogP contribution is 2.49. The standard InChI is InChI=1S/C23H33N3O4/c1-24-11-13-26(14-12-24)22(27)30-18-7-8-23(9-10-25(2)21(23)16-18)17-5-6-19(28-3)20(15-17)29-4/h5-7,15,21H,8-14,16H2,1-4H3. The first-order valence-corrected chi connectivity index (χ1v) is 10.7. The molecule has 7 heteroatoms. The van der Waals surface area contributed by atoms with Crippen molar-refractivity contribution in [3.05, 3.63) is 35.6 Å². The fraction of sp³-hybridized carbons (Fsp3) is 0.609. The van der Waals surface area contributed by atoms with Crippen LogP contribution in [0.5, 0.6) is 11.5 Å². The van der Waals surface area contributed by atoms with E-state index >= 15 is 0 Å². The Balaban J connectivity index is 1.53. The summed E-state index contributed by atoms with van der Waals surface area (Å²) in [5.74, 6) is 2.30. The van der Waals surface area contributed by atoms with Gasteiger partial charge < -0.3 is 28.9 Å². The molecule has 1 aromatic carbocycles. The number of likely N-dealkylation sites (N-methyl/N-ethyl adjacent to an activating group) is 2. The smallest absolute Gasteiger partial charge is 0.414 e. The van der Waals surface area contributed by atoms with Gasteiger partial charge in [0.1, 0.15) is 5.76 Å². The molecule has 7 nitrogen and oxygen atoms in total. The number of ether oxygens (including phenoxy) is 3. The normalized spacial score (nSPS) is 27.4. The van der Waals surface area contributed by atoms with Crippen molar-refractivity contribution in [3.8, 4) is 11.5 Å². The molecule has 0 bridgehead atoms. The Morgan fingerprint density at radius 2 is 1.77 bits per heavy atom. The van der Waals surface area contributed by atoms with E-state index in [2.05, 4.69) is 42.1 Å². The van der Waals surface area contributed by atoms with Crippen LogP contribution in [-0.4, -0.2) is 87.9 Å². The molecular formula is C23H33N3O4. The Morgan fingerprint density at radius 1 is 1.03 bits per heavy atom. The molecule has 0 spiro atoms. The zero-order chi connectivity index (χ0) is 21.3. The van der Waals surface area contributed by atoms with E-state index in [1.54, 1.807) is 14.2 Å². The minimum absolute atomic E-state index is 0.00194. The molecule has 1 amide bonds. The average Bonchev–Trinajstić information content (AvgIpc) is 3.11. The van der Waals surface area contributed by atoms with E-state index in [0.29, 0.717) is 0 Å². The number of hydrogen-bond acceptors (Lipinski definition) is 6. The molecule has 164 valence electrons. The topological polar surface area (TPSA) is 54.5 Å². The first kappa shape index (κ1) is 21.0. The highest BCUT2D eigenvalue weighted by Gasteiger charge is 2.49. The van der Waals surface area contributed by atoms with Crippen molar-refractivity contribution in [2.45, 2.75) is 30.7 Å². The van der Waals surface area contributed by atoms with Gasteiger partial charge in [0, 0.05) is 44.1 Å². The van der Waals surface area contributed by atoms with Gasteiger partial charge in [0.2, 0.25) is 0 Å². The van der Waals surface area contributed by atoms with Gasteiger partial charge in [0.05, 0.1) is 14.2 Å². The number of rotatable bonds is 4. The molecule has 4 rings (SSSR count). The number of hydrogen-bond donors (Lipinski definition) is 0. The minimum atomic E-state index is -0.214. The van der Waals surface area contributed by atoms with E-state index in [0.717, 1.165) is 69.2 Å². The molecule has 0 N–H and O–H groups in total. The van der Waals surface area contributed by atoms with Gasteiger partial charge in [-0.2, -0.15) is 0 Å². The number of nitrogens with zero attached hydrogens (tertiary/aromatic N) is 3. The summed E-state index contributed by atoms with van der Waals surface area (Å²) in [7, 11) is 7.58. The van der Waals surface area contributed by atoms with E-state index in [9.17, 15) is 4.79 Å². The monoisotopic (exact) mass is 415 g/mol. The maximum Gasteiger partial charge on any atom is 0.414 e. The van der Waals surface area contributed by atoms with Crippen LogP contribution in [0.15, 0.2) is 30.0 Å². The van der Waals surface area contributed by atoms with Gasteiger partial charge in [-0.15, -0.1) is 0 Å². The number of allylic oxidation sites excluding steroid dienone is 1. The molecule has 0 radical (unpaired) electrons. The molecule has 2 atom stereocenters. The van der Waals surface area contributed by atoms with Gasteiger partial charge in [-0.1, -0.05) is 6.07 Å². The van der Waals surface area contributed by atoms with Crippen LogP contribution >= 0.6 is 0 Å². The first-order chi connectivity index (χ1) is 14.5. The number of methoxy groups -OCH3 is 2. The van der Waals surface area contributed by atoms with Gasteiger partial charge in [-0.25, -0.2) is 4.79 Å². The molecule has 0 saturated carbocycles. The Morgan fingerprint density at radius 3 is 2.47 bits per heavy atom. The third-order valence-electron chi connectivity index (χ3n) is 7.11. The predicted molar refractivity (Wildman–Crippen MR) is 115 cm³/mol. The van der Waals surface area contributed by atoms with Crippen molar-refractivity contribution in [2.24, 2.45) is 0 Å². The maximum absolute atomic E-state index is 12.7. The minimum Gasteiger partial charge on any atom is -0.493 e. The van der Waals surface area contributed by atoms with Gasteiger partial charge in [-0.05, 0) is 57.3 Å². The zero-order valence-corrected chi connectivity index (χ0v) is 18.5. The summed E-state index contributed by atoms with van der Waals surface area (Å²) in [5.41, 5.74) is 1.26. The summed E-state index contributed by atoms with van der Waals surface area (Å²) < 4.78 is 16.8. The second kappa shape index (κ2) is 8.47. The van der Waals surface area contributed by atoms with E-state index in [-0.39, 0.29) is 17.6 Å². The van der Waals surface area contributed by atoms with E-state index in [1.807, 2.05) is 11.0 Å². The van der Waals surface area contributed by atoms with Crippen molar-refractivity contribution in [2.75, 3.05) is 61.0 Å². The van der Waals surface area contributed by atoms with Gasteiger partial charge in [0.25, 0.3) is 0 Å². The highest BCUT2D eigenvalue weighted by atomic mass is 16.6. The van der Waals surface area contributed by atoms with Crippen molar-refractivity contribution >= 4 is 6.09 Å². The summed E-state index contributed by atoms with van der Waals surface area (Å²) >= 11 is 0. The Labute approximate surface area is 179 Å². The Kier molecular flexibility index (Phi) is 5.93. The summed E-state index contributed by atoms with van der Waals surface area (Å²) in [6.07, 6.45) is 4.57. The molecule has 2 saturated heterocycles. The van der Waals surface area contributed by atoms with Crippen molar-refractivity contribution in [1.82, 2.24) is 14.7 Å². The number of benzene rings is 1. The first-order valence-electron chi connectivity index (χ1n) is 10.7. The Bertz CT molecular complexity index is 819. The fourth-order valence-electron chi connectivity index (χ4n) is 5.13. The van der Waals surface area contributed by atoms with E-state index < -0.39 is 0 Å². The third kappa shape index (κ3) is 3.76. The van der Waals surface area contributed by atoms with Crippen LogP contribution in [0.4, 0.5) is 4.79 Å². The number of carbonyl (C=O) groups is 1. The van der Waals surface area contributed by atoms with Gasteiger partial charge in [0.15, 0.2) is 11.5 Å². The number of fused-ring (bicyclic) bond motifs is 1. The van der Waals surface area contributed by atoms with Crippen LogP contribution < -0.4 is 9.47 Å². The average molecular weight is 416 g/mol. The summed E-state index contributed by atoms with van der Waals surface area (Å²) in [6, 6.07) is 6.55. The maximum atomic E-state index is 12.7. The van der Waals surface area contributed by atoms with Crippen LogP contribution in [0, 0.1) is 0 Å². The lowest BCUT2D eigenvalue weighted by Gasteiger charge is -2.41. The predicted octanol–water partition coefficient (Wildman–Crippen LogP) is 2.71. The zero-order valence-electron chi connectivity index (χ0n) is 18.5. The molecule has 2 aliphatic heterocycles. The Hall–Kier alpha value is -2.25. The molecule has 30 heavy (non-hydrogen) atoms. The summed E-state index contributed by atoms with van der Waals surface area (Å²) in [4.78, 5) is 19.1. The quantitative estimate of drug-likeness (QED) is 0.754. The lowest BCUT2D eigenvalue weighted by molar-refractivity contribution is 0.0923. The lowest BCUT2D eigenvalue weighted by Crippen LogP contribution is -2.48. The van der Waals surface area contributed by atoms with Crippen LogP contribution in [0.25, 0.3) is 0 Å². The number of amides is 1. The van der Waals surface area contributed by atoms with Gasteiger partial charge in [-0.3, -0.25) is 0 Å². The number of carbonyl (C=O) groups excluding carboxylic acids is 1.